The molecule has 0 bridgehead atoms. The normalized spacial score (nSPS) is 22.8. The largest absolute Gasteiger partial charge is 0.465 e. The third kappa shape index (κ3) is 5.99. The fourth-order valence-corrected chi connectivity index (χ4v) is 3.48. The van der Waals surface area contributed by atoms with E-state index in [0.717, 1.165) is 26.1 Å². The summed E-state index contributed by atoms with van der Waals surface area (Å²) in [5, 5.41) is 13.2. The van der Waals surface area contributed by atoms with Gasteiger partial charge in [-0.15, -0.1) is 0 Å². The lowest BCUT2D eigenvalue weighted by molar-refractivity contribution is -0.190. The number of halogens is 5. The Morgan fingerprint density at radius 1 is 1.27 bits per heavy atom. The number of aliphatic hydroxyl groups is 1. The van der Waals surface area contributed by atoms with Gasteiger partial charge in [-0.05, 0) is 38.5 Å². The van der Waals surface area contributed by atoms with Crippen LogP contribution < -0.4 is 10.1 Å². The predicted octanol–water partition coefficient (Wildman–Crippen LogP) is 3.70. The van der Waals surface area contributed by atoms with Gasteiger partial charge in [0.1, 0.15) is 6.33 Å². The molecule has 0 aliphatic heterocycles. The summed E-state index contributed by atoms with van der Waals surface area (Å²) in [7, 11) is 0. The molecule has 2 saturated carbocycles. The molecule has 1 aromatic heterocycles. The quantitative estimate of drug-likeness (QED) is 0.636. The molecule has 0 aromatic carbocycles. The van der Waals surface area contributed by atoms with Gasteiger partial charge in [-0.1, -0.05) is 0 Å². The van der Waals surface area contributed by atoms with Gasteiger partial charge < -0.3 is 15.2 Å². The van der Waals surface area contributed by atoms with E-state index in [4.69, 9.17) is 4.74 Å². The summed E-state index contributed by atoms with van der Waals surface area (Å²) in [5.41, 5.74) is -1.20. The Morgan fingerprint density at radius 3 is 2.47 bits per heavy atom. The molecule has 30 heavy (non-hydrogen) atoms. The first-order valence-electron chi connectivity index (χ1n) is 9.82. The zero-order valence-electron chi connectivity index (χ0n) is 16.4. The Morgan fingerprint density at radius 2 is 1.90 bits per heavy atom. The van der Waals surface area contributed by atoms with Crippen LogP contribution in [-0.2, 0) is 4.79 Å². The van der Waals surface area contributed by atoms with E-state index in [1.54, 1.807) is 0 Å². The number of aromatic nitrogens is 2. The fourth-order valence-electron chi connectivity index (χ4n) is 3.48. The Hall–Kier alpha value is -2.04. The van der Waals surface area contributed by atoms with Gasteiger partial charge in [-0.2, -0.15) is 13.2 Å². The minimum Gasteiger partial charge on any atom is -0.465 e. The summed E-state index contributed by atoms with van der Waals surface area (Å²) in [6.45, 7) is 0.857. The maximum absolute atomic E-state index is 13.3. The fraction of sp³-hybridized carbons (Fsp3) is 0.737. The van der Waals surface area contributed by atoms with Crippen molar-refractivity contribution in [2.24, 2.45) is 5.92 Å². The van der Waals surface area contributed by atoms with Crippen LogP contribution in [0.5, 0.6) is 5.88 Å². The van der Waals surface area contributed by atoms with E-state index in [-0.39, 0.29) is 31.1 Å². The van der Waals surface area contributed by atoms with Crippen molar-refractivity contribution >= 4 is 5.91 Å². The second kappa shape index (κ2) is 8.24. The molecule has 2 aliphatic rings. The molecule has 168 valence electrons. The molecule has 2 N–H and O–H groups in total. The topological polar surface area (TPSA) is 84.3 Å². The maximum Gasteiger partial charge on any atom is 0.425 e. The number of nitrogens with one attached hydrogen (secondary N) is 1. The van der Waals surface area contributed by atoms with Crippen LogP contribution in [0.25, 0.3) is 0 Å². The van der Waals surface area contributed by atoms with Crippen molar-refractivity contribution in [2.75, 3.05) is 0 Å². The molecule has 2 fully saturated rings. The minimum atomic E-state index is -4.55. The standard InChI is InChI=1S/C19H24F5N3O3/c1-11(19(22,23)24)30-15-8-13(25-10-26-15)16(12-2-3-12)27-14(28)9-17(29)4-6-18(20,21)7-5-17/h8,10-12,16,29H,2-7,9H2,1H3,(H,27,28)/t11-,16?/m1/s1. The molecule has 1 unspecified atom stereocenters. The SMILES string of the molecule is C[C@@H](Oc1cc(C(NC(=O)CC2(O)CCC(F)(F)CC2)C2CC2)ncn1)C(F)(F)F. The monoisotopic (exact) mass is 437 g/mol. The third-order valence-corrected chi connectivity index (χ3v) is 5.55. The molecule has 0 spiro atoms. The first-order chi connectivity index (χ1) is 13.9. The van der Waals surface area contributed by atoms with Crippen molar-refractivity contribution in [1.82, 2.24) is 15.3 Å². The second-order valence-electron chi connectivity index (χ2n) is 8.22. The van der Waals surface area contributed by atoms with E-state index < -0.39 is 48.6 Å². The average Bonchev–Trinajstić information content (AvgIpc) is 3.47. The molecular weight excluding hydrogens is 413 g/mol. The summed E-state index contributed by atoms with van der Waals surface area (Å²) in [6, 6.07) is 0.666. The maximum atomic E-state index is 13.3. The number of alkyl halides is 5. The van der Waals surface area contributed by atoms with Gasteiger partial charge in [0.05, 0.1) is 23.8 Å². The molecule has 1 aromatic rings. The van der Waals surface area contributed by atoms with Gasteiger partial charge >= 0.3 is 6.18 Å². The van der Waals surface area contributed by atoms with E-state index in [2.05, 4.69) is 15.3 Å². The first-order valence-corrected chi connectivity index (χ1v) is 9.82. The summed E-state index contributed by atoms with van der Waals surface area (Å²) in [4.78, 5) is 20.3. The second-order valence-corrected chi connectivity index (χ2v) is 8.22. The van der Waals surface area contributed by atoms with Crippen LogP contribution in [-0.4, -0.2) is 44.8 Å². The van der Waals surface area contributed by atoms with Crippen LogP contribution in [0, 0.1) is 5.92 Å². The van der Waals surface area contributed by atoms with E-state index in [0.29, 0.717) is 5.69 Å². The van der Waals surface area contributed by atoms with Gasteiger partial charge in [0.15, 0.2) is 6.10 Å². The van der Waals surface area contributed by atoms with Crippen LogP contribution in [0.15, 0.2) is 12.4 Å². The minimum absolute atomic E-state index is 0.0436. The zero-order chi connectivity index (χ0) is 22.2. The van der Waals surface area contributed by atoms with E-state index in [9.17, 15) is 31.9 Å². The molecule has 2 aliphatic carbocycles. The smallest absolute Gasteiger partial charge is 0.425 e. The lowest BCUT2D eigenvalue weighted by Crippen LogP contribution is -2.43. The number of carbonyl (C=O) groups is 1. The summed E-state index contributed by atoms with van der Waals surface area (Å²) in [6.07, 6.45) is -5.61. The molecular formula is C19H24F5N3O3. The molecule has 1 heterocycles. The Bertz CT molecular complexity index is 760. The molecule has 1 amide bonds. The lowest BCUT2D eigenvalue weighted by atomic mass is 9.80. The highest BCUT2D eigenvalue weighted by Gasteiger charge is 2.44. The predicted molar refractivity (Wildman–Crippen MR) is 94.8 cm³/mol. The Balaban J connectivity index is 1.65. The van der Waals surface area contributed by atoms with Crippen LogP contribution in [0.1, 0.15) is 63.6 Å². The van der Waals surface area contributed by atoms with E-state index in [1.807, 2.05) is 0 Å². The summed E-state index contributed by atoms with van der Waals surface area (Å²) >= 11 is 0. The van der Waals surface area contributed by atoms with E-state index in [1.165, 1.54) is 6.07 Å². The number of carbonyl (C=O) groups excluding carboxylic acids is 1. The first kappa shape index (κ1) is 22.6. The van der Waals surface area contributed by atoms with Crippen molar-refractivity contribution in [3.8, 4) is 5.88 Å². The molecule has 0 radical (unpaired) electrons. The van der Waals surface area contributed by atoms with Crippen LogP contribution in [0.3, 0.4) is 0 Å². The van der Waals surface area contributed by atoms with Crippen LogP contribution >= 0.6 is 0 Å². The number of nitrogens with zero attached hydrogens (tertiary/aromatic N) is 2. The third-order valence-electron chi connectivity index (χ3n) is 5.55. The van der Waals surface area contributed by atoms with Crippen molar-refractivity contribution in [3.05, 3.63) is 18.1 Å². The molecule has 11 heteroatoms. The van der Waals surface area contributed by atoms with E-state index >= 15 is 0 Å². The Labute approximate surface area is 170 Å². The van der Waals surface area contributed by atoms with Gasteiger partial charge in [0.25, 0.3) is 0 Å². The van der Waals surface area contributed by atoms with Crippen molar-refractivity contribution < 1.29 is 36.6 Å². The Kier molecular flexibility index (Phi) is 6.22. The zero-order valence-corrected chi connectivity index (χ0v) is 16.4. The average molecular weight is 437 g/mol. The number of rotatable bonds is 7. The van der Waals surface area contributed by atoms with Crippen molar-refractivity contribution in [3.63, 3.8) is 0 Å². The lowest BCUT2D eigenvalue weighted by Gasteiger charge is -2.35. The number of ether oxygens (including phenoxy) is 1. The van der Waals surface area contributed by atoms with Crippen molar-refractivity contribution in [2.45, 2.75) is 81.7 Å². The summed E-state index contributed by atoms with van der Waals surface area (Å²) < 4.78 is 69.6. The number of hydrogen-bond donors (Lipinski definition) is 2. The highest BCUT2D eigenvalue weighted by molar-refractivity contribution is 5.77. The number of amides is 1. The van der Waals surface area contributed by atoms with Gasteiger partial charge in [0.2, 0.25) is 17.7 Å². The highest BCUT2D eigenvalue weighted by atomic mass is 19.4. The van der Waals surface area contributed by atoms with Crippen LogP contribution in [0.2, 0.25) is 0 Å². The highest BCUT2D eigenvalue weighted by Crippen LogP contribution is 2.42. The van der Waals surface area contributed by atoms with Gasteiger partial charge in [-0.3, -0.25) is 4.79 Å². The summed E-state index contributed by atoms with van der Waals surface area (Å²) in [5.74, 6) is -3.58. The van der Waals surface area contributed by atoms with Gasteiger partial charge in [0, 0.05) is 18.9 Å². The molecule has 0 saturated heterocycles. The number of hydrogen-bond acceptors (Lipinski definition) is 5. The van der Waals surface area contributed by atoms with Crippen LogP contribution in [0.4, 0.5) is 22.0 Å². The molecule has 6 nitrogen and oxygen atoms in total. The molecule has 3 rings (SSSR count). The van der Waals surface area contributed by atoms with Crippen molar-refractivity contribution in [1.29, 1.82) is 0 Å². The van der Waals surface area contributed by atoms with Gasteiger partial charge in [-0.25, -0.2) is 18.7 Å². The molecule has 2 atom stereocenters.